The molecule has 0 unspecified atom stereocenters. The van der Waals surface area contributed by atoms with Crippen molar-refractivity contribution in [2.45, 2.75) is 0 Å². The summed E-state index contributed by atoms with van der Waals surface area (Å²) in [6.07, 6.45) is 0. The van der Waals surface area contributed by atoms with Crippen LogP contribution in [0, 0.1) is 0 Å². The molecule has 2 aromatic rings. The second-order valence-electron chi connectivity index (χ2n) is 3.70. The first-order valence-corrected chi connectivity index (χ1v) is 5.66. The standard InChI is InChI=1S/C14H16N2O2/c1-15-13-9-4-6-10(16-13)14-11(17-2)7-5-8-12(14)18-3/h4-9H,1-3H3,(H,15,16). The molecule has 0 aliphatic carbocycles. The number of ether oxygens (including phenoxy) is 2. The molecule has 2 rings (SSSR count). The first kappa shape index (κ1) is 12.2. The van der Waals surface area contributed by atoms with Crippen molar-refractivity contribution in [3.05, 3.63) is 36.4 Å². The molecule has 0 fully saturated rings. The van der Waals surface area contributed by atoms with E-state index in [2.05, 4.69) is 10.3 Å². The number of anilines is 1. The van der Waals surface area contributed by atoms with Gasteiger partial charge in [0, 0.05) is 7.05 Å². The minimum absolute atomic E-state index is 0.745. The Morgan fingerprint density at radius 1 is 0.944 bits per heavy atom. The molecule has 4 heteroatoms. The van der Waals surface area contributed by atoms with Crippen LogP contribution in [0.2, 0.25) is 0 Å². The highest BCUT2D eigenvalue weighted by atomic mass is 16.5. The molecule has 94 valence electrons. The predicted molar refractivity (Wildman–Crippen MR) is 72.3 cm³/mol. The van der Waals surface area contributed by atoms with Gasteiger partial charge in [0.25, 0.3) is 0 Å². The summed E-state index contributed by atoms with van der Waals surface area (Å²) < 4.78 is 10.8. The fraction of sp³-hybridized carbons (Fsp3) is 0.214. The number of nitrogens with one attached hydrogen (secondary N) is 1. The Morgan fingerprint density at radius 2 is 1.56 bits per heavy atom. The summed E-state index contributed by atoms with van der Waals surface area (Å²) in [6, 6.07) is 11.5. The third-order valence-corrected chi connectivity index (χ3v) is 2.69. The SMILES string of the molecule is CNc1cccc(-c2c(OC)cccc2OC)n1. The zero-order valence-electron chi connectivity index (χ0n) is 10.7. The zero-order valence-corrected chi connectivity index (χ0v) is 10.7. The molecule has 0 aliphatic heterocycles. The highest BCUT2D eigenvalue weighted by molar-refractivity contribution is 5.75. The van der Waals surface area contributed by atoms with Crippen LogP contribution < -0.4 is 14.8 Å². The molecule has 1 N–H and O–H groups in total. The van der Waals surface area contributed by atoms with Gasteiger partial charge in [-0.2, -0.15) is 0 Å². The van der Waals surface area contributed by atoms with Crippen molar-refractivity contribution in [3.63, 3.8) is 0 Å². The van der Waals surface area contributed by atoms with Gasteiger partial charge in [-0.15, -0.1) is 0 Å². The molecule has 0 spiro atoms. The lowest BCUT2D eigenvalue weighted by atomic mass is 10.1. The Hall–Kier alpha value is -2.23. The van der Waals surface area contributed by atoms with Crippen molar-refractivity contribution in [1.29, 1.82) is 0 Å². The molecule has 0 saturated carbocycles. The predicted octanol–water partition coefficient (Wildman–Crippen LogP) is 2.81. The molecule has 0 aliphatic rings. The van der Waals surface area contributed by atoms with Crippen LogP contribution >= 0.6 is 0 Å². The van der Waals surface area contributed by atoms with Crippen molar-refractivity contribution in [3.8, 4) is 22.8 Å². The molecule has 4 nitrogen and oxygen atoms in total. The van der Waals surface area contributed by atoms with Gasteiger partial charge in [-0.05, 0) is 24.3 Å². The average Bonchev–Trinajstić information content (AvgIpc) is 2.46. The summed E-state index contributed by atoms with van der Waals surface area (Å²) in [5.74, 6) is 2.30. The molecular weight excluding hydrogens is 228 g/mol. The number of methoxy groups -OCH3 is 2. The van der Waals surface area contributed by atoms with Gasteiger partial charge in [0.05, 0.1) is 25.5 Å². The number of nitrogens with zero attached hydrogens (tertiary/aromatic N) is 1. The van der Waals surface area contributed by atoms with E-state index in [-0.39, 0.29) is 0 Å². The highest BCUT2D eigenvalue weighted by Gasteiger charge is 2.13. The van der Waals surface area contributed by atoms with Gasteiger partial charge in [0.2, 0.25) is 0 Å². The maximum absolute atomic E-state index is 5.38. The van der Waals surface area contributed by atoms with Crippen LogP contribution in [0.3, 0.4) is 0 Å². The topological polar surface area (TPSA) is 43.4 Å². The minimum atomic E-state index is 0.745. The average molecular weight is 244 g/mol. The summed E-state index contributed by atoms with van der Waals surface area (Å²) in [5.41, 5.74) is 1.68. The van der Waals surface area contributed by atoms with Crippen LogP contribution in [0.1, 0.15) is 0 Å². The molecule has 0 atom stereocenters. The first-order valence-electron chi connectivity index (χ1n) is 5.66. The third kappa shape index (κ3) is 2.22. The Morgan fingerprint density at radius 3 is 2.11 bits per heavy atom. The Balaban J connectivity index is 2.60. The van der Waals surface area contributed by atoms with Gasteiger partial charge in [-0.25, -0.2) is 4.98 Å². The van der Waals surface area contributed by atoms with E-state index in [0.29, 0.717) is 0 Å². The maximum atomic E-state index is 5.38. The number of benzene rings is 1. The van der Waals surface area contributed by atoms with Gasteiger partial charge in [-0.1, -0.05) is 12.1 Å². The number of hydrogen-bond acceptors (Lipinski definition) is 4. The summed E-state index contributed by atoms with van der Waals surface area (Å²) in [5, 5.41) is 3.02. The van der Waals surface area contributed by atoms with Crippen molar-refractivity contribution in [1.82, 2.24) is 4.98 Å². The second kappa shape index (κ2) is 5.40. The molecule has 0 radical (unpaired) electrons. The van der Waals surface area contributed by atoms with Gasteiger partial charge in [0.15, 0.2) is 0 Å². The molecule has 1 heterocycles. The van der Waals surface area contributed by atoms with Crippen molar-refractivity contribution in [2.75, 3.05) is 26.6 Å². The van der Waals surface area contributed by atoms with Crippen LogP contribution in [-0.4, -0.2) is 26.3 Å². The smallest absolute Gasteiger partial charge is 0.132 e. The quantitative estimate of drug-likeness (QED) is 0.898. The van der Waals surface area contributed by atoms with Gasteiger partial charge in [-0.3, -0.25) is 0 Å². The number of hydrogen-bond donors (Lipinski definition) is 1. The van der Waals surface area contributed by atoms with Crippen molar-refractivity contribution in [2.24, 2.45) is 0 Å². The number of rotatable bonds is 4. The summed E-state index contributed by atoms with van der Waals surface area (Å²) >= 11 is 0. The lowest BCUT2D eigenvalue weighted by Gasteiger charge is -2.13. The van der Waals surface area contributed by atoms with E-state index in [4.69, 9.17) is 9.47 Å². The fourth-order valence-corrected chi connectivity index (χ4v) is 1.82. The van der Waals surface area contributed by atoms with Gasteiger partial charge < -0.3 is 14.8 Å². The van der Waals surface area contributed by atoms with Crippen LogP contribution in [0.4, 0.5) is 5.82 Å². The second-order valence-corrected chi connectivity index (χ2v) is 3.70. The van der Waals surface area contributed by atoms with E-state index in [1.807, 2.05) is 43.4 Å². The molecule has 0 saturated heterocycles. The Bertz CT molecular complexity index is 519. The maximum Gasteiger partial charge on any atom is 0.132 e. The van der Waals surface area contributed by atoms with Crippen molar-refractivity contribution < 1.29 is 9.47 Å². The highest BCUT2D eigenvalue weighted by Crippen LogP contribution is 2.37. The van der Waals surface area contributed by atoms with E-state index in [1.54, 1.807) is 14.2 Å². The van der Waals surface area contributed by atoms with Crippen LogP contribution in [-0.2, 0) is 0 Å². The summed E-state index contributed by atoms with van der Waals surface area (Å²) in [7, 11) is 5.12. The Kier molecular flexibility index (Phi) is 3.67. The summed E-state index contributed by atoms with van der Waals surface area (Å²) in [4.78, 5) is 4.51. The minimum Gasteiger partial charge on any atom is -0.496 e. The van der Waals surface area contributed by atoms with E-state index >= 15 is 0 Å². The number of pyridine rings is 1. The summed E-state index contributed by atoms with van der Waals surface area (Å²) in [6.45, 7) is 0. The van der Waals surface area contributed by atoms with Gasteiger partial charge >= 0.3 is 0 Å². The normalized spacial score (nSPS) is 9.94. The van der Waals surface area contributed by atoms with E-state index < -0.39 is 0 Å². The molecule has 0 bridgehead atoms. The van der Waals surface area contributed by atoms with Crippen LogP contribution in [0.25, 0.3) is 11.3 Å². The first-order chi connectivity index (χ1) is 8.80. The van der Waals surface area contributed by atoms with E-state index in [0.717, 1.165) is 28.6 Å². The molecule has 1 aromatic heterocycles. The Labute approximate surface area is 107 Å². The molecule has 18 heavy (non-hydrogen) atoms. The molecule has 1 aromatic carbocycles. The van der Waals surface area contributed by atoms with E-state index in [1.165, 1.54) is 0 Å². The van der Waals surface area contributed by atoms with Crippen molar-refractivity contribution >= 4 is 5.82 Å². The van der Waals surface area contributed by atoms with Gasteiger partial charge in [0.1, 0.15) is 17.3 Å². The van der Waals surface area contributed by atoms with Crippen LogP contribution in [0.15, 0.2) is 36.4 Å². The van der Waals surface area contributed by atoms with E-state index in [9.17, 15) is 0 Å². The fourth-order valence-electron chi connectivity index (χ4n) is 1.82. The monoisotopic (exact) mass is 244 g/mol. The third-order valence-electron chi connectivity index (χ3n) is 2.69. The molecular formula is C14H16N2O2. The number of aromatic nitrogens is 1. The van der Waals surface area contributed by atoms with Crippen LogP contribution in [0.5, 0.6) is 11.5 Å². The lowest BCUT2D eigenvalue weighted by molar-refractivity contribution is 0.397. The molecule has 0 amide bonds. The lowest BCUT2D eigenvalue weighted by Crippen LogP contribution is -1.97. The zero-order chi connectivity index (χ0) is 13.0. The largest absolute Gasteiger partial charge is 0.496 e.